The van der Waals surface area contributed by atoms with Crippen LogP contribution in [-0.2, 0) is 16.4 Å². The molecule has 1 aromatic rings. The molecule has 0 aliphatic rings. The molecule has 9 heteroatoms. The van der Waals surface area contributed by atoms with Gasteiger partial charge in [-0.05, 0) is 24.1 Å². The van der Waals surface area contributed by atoms with E-state index in [1.54, 1.807) is 12.1 Å². The van der Waals surface area contributed by atoms with Gasteiger partial charge in [0.1, 0.15) is 0 Å². The standard InChI is InChI=1S/C10H16N6O2S/c11-9(12)16-10(13)15-6-5-7-1-3-8(4-2-7)19(14,17)18/h1-4H,5-6H2,(H2,14,17,18)(H6,11,12,13,15,16). The Morgan fingerprint density at radius 2 is 1.68 bits per heavy atom. The van der Waals surface area contributed by atoms with Gasteiger partial charge in [0.2, 0.25) is 16.0 Å². The van der Waals surface area contributed by atoms with Crippen LogP contribution >= 0.6 is 0 Å². The van der Waals surface area contributed by atoms with E-state index in [0.29, 0.717) is 13.0 Å². The Balaban J connectivity index is 2.63. The Morgan fingerprint density at radius 1 is 1.11 bits per heavy atom. The van der Waals surface area contributed by atoms with E-state index in [0.717, 1.165) is 5.56 Å². The highest BCUT2D eigenvalue weighted by molar-refractivity contribution is 7.89. The molecule has 8 nitrogen and oxygen atoms in total. The summed E-state index contributed by atoms with van der Waals surface area (Å²) >= 11 is 0. The molecule has 0 radical (unpaired) electrons. The predicted molar refractivity (Wildman–Crippen MR) is 73.8 cm³/mol. The van der Waals surface area contributed by atoms with Gasteiger partial charge in [-0.15, -0.1) is 0 Å². The normalized spacial score (nSPS) is 12.2. The molecule has 0 spiro atoms. The summed E-state index contributed by atoms with van der Waals surface area (Å²) in [5, 5.41) is 4.99. The van der Waals surface area contributed by atoms with E-state index in [2.05, 4.69) is 9.98 Å². The summed E-state index contributed by atoms with van der Waals surface area (Å²) in [6.07, 6.45) is 0.575. The van der Waals surface area contributed by atoms with Crippen molar-refractivity contribution in [1.29, 1.82) is 0 Å². The maximum atomic E-state index is 11.1. The molecule has 0 aliphatic heterocycles. The van der Waals surface area contributed by atoms with Crippen LogP contribution in [0.5, 0.6) is 0 Å². The SMILES string of the molecule is NC(N)=NC(N)=NCCc1ccc(S(N)(=O)=O)cc1. The average Bonchev–Trinajstić information content (AvgIpc) is 2.27. The number of rotatable bonds is 4. The van der Waals surface area contributed by atoms with Crippen molar-refractivity contribution >= 4 is 21.9 Å². The molecule has 1 rings (SSSR count). The largest absolute Gasteiger partial charge is 0.370 e. The number of hydrogen-bond donors (Lipinski definition) is 4. The maximum absolute atomic E-state index is 11.1. The minimum absolute atomic E-state index is 0.00107. The fourth-order valence-electron chi connectivity index (χ4n) is 1.31. The summed E-state index contributed by atoms with van der Waals surface area (Å²) in [6, 6.07) is 6.19. The minimum atomic E-state index is -3.66. The molecule has 19 heavy (non-hydrogen) atoms. The monoisotopic (exact) mass is 284 g/mol. The van der Waals surface area contributed by atoms with Gasteiger partial charge >= 0.3 is 0 Å². The van der Waals surface area contributed by atoms with Crippen LogP contribution in [0.2, 0.25) is 0 Å². The van der Waals surface area contributed by atoms with Crippen LogP contribution in [0.15, 0.2) is 39.1 Å². The Hall–Kier alpha value is -2.13. The van der Waals surface area contributed by atoms with E-state index in [-0.39, 0.29) is 16.8 Å². The second kappa shape index (κ2) is 6.16. The van der Waals surface area contributed by atoms with E-state index >= 15 is 0 Å². The number of benzene rings is 1. The Morgan fingerprint density at radius 3 is 2.16 bits per heavy atom. The van der Waals surface area contributed by atoms with Gasteiger partial charge in [0.25, 0.3) is 0 Å². The fraction of sp³-hybridized carbons (Fsp3) is 0.200. The van der Waals surface area contributed by atoms with E-state index in [9.17, 15) is 8.42 Å². The number of nitrogens with zero attached hydrogens (tertiary/aromatic N) is 2. The predicted octanol–water partition coefficient (Wildman–Crippen LogP) is -1.54. The molecule has 8 N–H and O–H groups in total. The molecule has 0 fully saturated rings. The van der Waals surface area contributed by atoms with E-state index in [1.807, 2.05) is 0 Å². The summed E-state index contributed by atoms with van der Waals surface area (Å²) in [6.45, 7) is 0.386. The highest BCUT2D eigenvalue weighted by atomic mass is 32.2. The first kappa shape index (κ1) is 14.9. The second-order valence-electron chi connectivity index (χ2n) is 3.72. The lowest BCUT2D eigenvalue weighted by Crippen LogP contribution is -2.26. The van der Waals surface area contributed by atoms with Gasteiger partial charge in [0, 0.05) is 6.54 Å². The van der Waals surface area contributed by atoms with Crippen molar-refractivity contribution in [2.45, 2.75) is 11.3 Å². The van der Waals surface area contributed by atoms with Gasteiger partial charge in [-0.25, -0.2) is 13.6 Å². The molecule has 0 heterocycles. The molecule has 0 unspecified atom stereocenters. The van der Waals surface area contributed by atoms with Crippen LogP contribution in [-0.4, -0.2) is 26.9 Å². The molecule has 0 bridgehead atoms. The van der Waals surface area contributed by atoms with E-state index in [1.165, 1.54) is 12.1 Å². The van der Waals surface area contributed by atoms with Gasteiger partial charge in [0.15, 0.2) is 5.96 Å². The number of primary sulfonamides is 1. The molecule has 0 amide bonds. The molecule has 0 saturated carbocycles. The molecule has 104 valence electrons. The molecule has 0 aliphatic carbocycles. The lowest BCUT2D eigenvalue weighted by molar-refractivity contribution is 0.598. The number of aliphatic imine (C=N–C) groups is 2. The first-order valence-electron chi connectivity index (χ1n) is 5.30. The summed E-state index contributed by atoms with van der Waals surface area (Å²) < 4.78 is 22.1. The summed E-state index contributed by atoms with van der Waals surface area (Å²) in [4.78, 5) is 7.56. The number of guanidine groups is 2. The smallest absolute Gasteiger partial charge is 0.238 e. The molecule has 0 atom stereocenters. The lowest BCUT2D eigenvalue weighted by atomic mass is 10.1. The first-order chi connectivity index (χ1) is 8.79. The number of sulfonamides is 1. The van der Waals surface area contributed by atoms with Crippen LogP contribution in [0.3, 0.4) is 0 Å². The highest BCUT2D eigenvalue weighted by Gasteiger charge is 2.06. The lowest BCUT2D eigenvalue weighted by Gasteiger charge is -2.01. The van der Waals surface area contributed by atoms with Gasteiger partial charge in [-0.1, -0.05) is 12.1 Å². The molecule has 0 aromatic heterocycles. The minimum Gasteiger partial charge on any atom is -0.370 e. The molecule has 1 aromatic carbocycles. The van der Waals surface area contributed by atoms with Crippen LogP contribution in [0.1, 0.15) is 5.56 Å². The average molecular weight is 284 g/mol. The van der Waals surface area contributed by atoms with E-state index < -0.39 is 10.0 Å². The van der Waals surface area contributed by atoms with Crippen molar-refractivity contribution < 1.29 is 8.42 Å². The van der Waals surface area contributed by atoms with Crippen LogP contribution < -0.4 is 22.3 Å². The third-order valence-electron chi connectivity index (χ3n) is 2.17. The zero-order valence-corrected chi connectivity index (χ0v) is 11.0. The zero-order valence-electron chi connectivity index (χ0n) is 10.2. The van der Waals surface area contributed by atoms with Gasteiger partial charge in [-0.2, -0.15) is 4.99 Å². The van der Waals surface area contributed by atoms with Crippen LogP contribution in [0.4, 0.5) is 0 Å². The Labute approximate surface area is 111 Å². The first-order valence-corrected chi connectivity index (χ1v) is 6.85. The maximum Gasteiger partial charge on any atom is 0.238 e. The Bertz CT molecular complexity index is 587. The van der Waals surface area contributed by atoms with Crippen molar-refractivity contribution in [3.63, 3.8) is 0 Å². The molecular formula is C10H16N6O2S. The number of nitrogens with two attached hydrogens (primary N) is 4. The summed E-state index contributed by atoms with van der Waals surface area (Å²) in [7, 11) is -3.66. The third kappa shape index (κ3) is 5.36. The third-order valence-corrected chi connectivity index (χ3v) is 3.10. The Kier molecular flexibility index (Phi) is 4.84. The summed E-state index contributed by atoms with van der Waals surface area (Å²) in [5.41, 5.74) is 16.6. The molecule has 0 saturated heterocycles. The van der Waals surface area contributed by atoms with Crippen molar-refractivity contribution in [2.24, 2.45) is 32.3 Å². The summed E-state index contributed by atoms with van der Waals surface area (Å²) in [5.74, 6) is -0.153. The van der Waals surface area contributed by atoms with Crippen molar-refractivity contribution in [1.82, 2.24) is 0 Å². The van der Waals surface area contributed by atoms with Crippen molar-refractivity contribution in [3.8, 4) is 0 Å². The highest BCUT2D eigenvalue weighted by Crippen LogP contribution is 2.09. The van der Waals surface area contributed by atoms with Gasteiger partial charge < -0.3 is 17.2 Å². The van der Waals surface area contributed by atoms with E-state index in [4.69, 9.17) is 22.3 Å². The van der Waals surface area contributed by atoms with Crippen molar-refractivity contribution in [3.05, 3.63) is 29.8 Å². The fourth-order valence-corrected chi connectivity index (χ4v) is 1.83. The van der Waals surface area contributed by atoms with Crippen molar-refractivity contribution in [2.75, 3.05) is 6.54 Å². The van der Waals surface area contributed by atoms with Gasteiger partial charge in [-0.3, -0.25) is 4.99 Å². The topological polar surface area (TPSA) is 163 Å². The molecular weight excluding hydrogens is 268 g/mol. The zero-order chi connectivity index (χ0) is 14.5. The van der Waals surface area contributed by atoms with Crippen LogP contribution in [0, 0.1) is 0 Å². The second-order valence-corrected chi connectivity index (χ2v) is 5.28. The quantitative estimate of drug-likeness (QED) is 0.388. The van der Waals surface area contributed by atoms with Gasteiger partial charge in [0.05, 0.1) is 4.90 Å². The number of hydrogen-bond acceptors (Lipinski definition) is 3. The van der Waals surface area contributed by atoms with Crippen LogP contribution in [0.25, 0.3) is 0 Å².